The first-order valence-electron chi connectivity index (χ1n) is 11.8. The number of carboxylic acids is 1. The molecule has 0 bridgehead atoms. The summed E-state index contributed by atoms with van der Waals surface area (Å²) in [5.74, 6) is 0.161. The van der Waals surface area contributed by atoms with Crippen molar-refractivity contribution in [3.05, 3.63) is 64.2 Å². The third kappa shape index (κ3) is 4.49. The first-order valence-corrected chi connectivity index (χ1v) is 11.8. The predicted octanol–water partition coefficient (Wildman–Crippen LogP) is 4.96. The van der Waals surface area contributed by atoms with Crippen LogP contribution in [-0.2, 0) is 17.8 Å². The fourth-order valence-electron chi connectivity index (χ4n) is 5.24. The summed E-state index contributed by atoms with van der Waals surface area (Å²) in [5, 5.41) is 13.5. The van der Waals surface area contributed by atoms with Crippen molar-refractivity contribution in [2.75, 3.05) is 13.1 Å². The van der Waals surface area contributed by atoms with E-state index in [-0.39, 0.29) is 16.8 Å². The van der Waals surface area contributed by atoms with Gasteiger partial charge < -0.3 is 14.7 Å². The quantitative estimate of drug-likeness (QED) is 0.716. The zero-order valence-corrected chi connectivity index (χ0v) is 19.7. The molecule has 2 aromatic carbocycles. The van der Waals surface area contributed by atoms with Gasteiger partial charge in [-0.25, -0.2) is 4.79 Å². The average molecular weight is 449 g/mol. The van der Waals surface area contributed by atoms with Gasteiger partial charge in [-0.15, -0.1) is 0 Å². The summed E-state index contributed by atoms with van der Waals surface area (Å²) < 4.78 is 6.25. The first-order chi connectivity index (χ1) is 15.7. The summed E-state index contributed by atoms with van der Waals surface area (Å²) in [4.78, 5) is 19.6. The van der Waals surface area contributed by atoms with Crippen molar-refractivity contribution in [2.45, 2.75) is 70.6 Å². The van der Waals surface area contributed by atoms with Crippen LogP contribution in [0.5, 0.6) is 5.75 Å². The molecule has 0 amide bonds. The highest BCUT2D eigenvalue weighted by Crippen LogP contribution is 2.38. The molecule has 0 saturated carbocycles. The van der Waals surface area contributed by atoms with Crippen LogP contribution in [0.3, 0.4) is 0 Å². The number of fused-ring (bicyclic) bond motifs is 1. The third-order valence-corrected chi connectivity index (χ3v) is 7.26. The highest BCUT2D eigenvalue weighted by Gasteiger charge is 2.42. The van der Waals surface area contributed by atoms with Crippen molar-refractivity contribution in [3.63, 3.8) is 0 Å². The third-order valence-electron chi connectivity index (χ3n) is 7.26. The van der Waals surface area contributed by atoms with Crippen LogP contribution in [0, 0.1) is 6.92 Å². The van der Waals surface area contributed by atoms with Gasteiger partial charge in [-0.3, -0.25) is 4.90 Å². The molecule has 0 radical (unpaired) electrons. The largest absolute Gasteiger partial charge is 0.487 e. The van der Waals surface area contributed by atoms with E-state index < -0.39 is 5.97 Å². The van der Waals surface area contributed by atoms with Crippen LogP contribution < -0.4 is 4.74 Å². The lowest BCUT2D eigenvalue weighted by Crippen LogP contribution is -2.44. The molecule has 3 aliphatic heterocycles. The van der Waals surface area contributed by atoms with E-state index in [0.717, 1.165) is 68.8 Å². The minimum Gasteiger partial charge on any atom is -0.487 e. The zero-order chi connectivity index (χ0) is 23.2. The Balaban J connectivity index is 1.19. The predicted molar refractivity (Wildman–Crippen MR) is 127 cm³/mol. The van der Waals surface area contributed by atoms with Crippen molar-refractivity contribution in [1.29, 1.82) is 0 Å². The number of carbonyl (C=O) groups is 1. The minimum absolute atomic E-state index is 0.0824. The average Bonchev–Trinajstić information content (AvgIpc) is 3.20. The van der Waals surface area contributed by atoms with Gasteiger partial charge in [0.2, 0.25) is 0 Å². The number of piperidine rings is 1. The number of aromatic carboxylic acids is 1. The highest BCUT2D eigenvalue weighted by atomic mass is 16.7. The maximum absolute atomic E-state index is 11.1. The highest BCUT2D eigenvalue weighted by molar-refractivity contribution is 6.02. The molecule has 1 N–H and O–H groups in total. The topological polar surface area (TPSA) is 71.4 Å². The normalized spacial score (nSPS) is 21.1. The Morgan fingerprint density at radius 2 is 1.85 bits per heavy atom. The number of oxime groups is 1. The van der Waals surface area contributed by atoms with Gasteiger partial charge in [0.1, 0.15) is 17.0 Å². The summed E-state index contributed by atoms with van der Waals surface area (Å²) in [7, 11) is 0. The Kier molecular flexibility index (Phi) is 5.44. The number of hydrogen-bond acceptors (Lipinski definition) is 5. The number of benzene rings is 2. The summed E-state index contributed by atoms with van der Waals surface area (Å²) >= 11 is 0. The van der Waals surface area contributed by atoms with Crippen LogP contribution in [0.4, 0.5) is 0 Å². The Hall–Kier alpha value is -2.86. The molecule has 1 spiro atoms. The summed E-state index contributed by atoms with van der Waals surface area (Å²) in [6, 6.07) is 11.5. The zero-order valence-electron chi connectivity index (χ0n) is 19.7. The van der Waals surface area contributed by atoms with E-state index in [4.69, 9.17) is 14.7 Å². The van der Waals surface area contributed by atoms with Crippen molar-refractivity contribution in [3.8, 4) is 5.75 Å². The molecule has 6 heteroatoms. The van der Waals surface area contributed by atoms with Crippen LogP contribution >= 0.6 is 0 Å². The lowest BCUT2D eigenvalue weighted by atomic mass is 9.85. The molecule has 0 aliphatic carbocycles. The molecule has 3 heterocycles. The molecule has 33 heavy (non-hydrogen) atoms. The van der Waals surface area contributed by atoms with Crippen LogP contribution in [0.25, 0.3) is 0 Å². The van der Waals surface area contributed by atoms with E-state index in [0.29, 0.717) is 0 Å². The lowest BCUT2D eigenvalue weighted by Gasteiger charge is -2.37. The van der Waals surface area contributed by atoms with E-state index in [1.165, 1.54) is 16.7 Å². The second kappa shape index (κ2) is 8.17. The van der Waals surface area contributed by atoms with Gasteiger partial charge in [0.05, 0.1) is 11.3 Å². The van der Waals surface area contributed by atoms with Crippen molar-refractivity contribution >= 4 is 11.7 Å². The second-order valence-electron chi connectivity index (χ2n) is 10.4. The standard InChI is InChI=1S/C27H32N2O4/c1-18-14-19(15-22-8-9-26(2,3)32-24(18)22)17-29-12-10-27(11-13-29)16-23(28-33-27)20-4-6-21(7-5-20)25(30)31/h4-7,14-15H,8-13,16-17H2,1-3H3,(H,30,31). The second-order valence-corrected chi connectivity index (χ2v) is 10.4. The lowest BCUT2D eigenvalue weighted by molar-refractivity contribution is -0.0627. The molecule has 6 nitrogen and oxygen atoms in total. The van der Waals surface area contributed by atoms with Crippen LogP contribution in [0.2, 0.25) is 0 Å². The van der Waals surface area contributed by atoms with Crippen molar-refractivity contribution in [1.82, 2.24) is 4.90 Å². The molecular weight excluding hydrogens is 416 g/mol. The van der Waals surface area contributed by atoms with Gasteiger partial charge in [0.15, 0.2) is 0 Å². The molecule has 0 atom stereocenters. The molecule has 1 saturated heterocycles. The van der Waals surface area contributed by atoms with Gasteiger partial charge in [0.25, 0.3) is 0 Å². The van der Waals surface area contributed by atoms with Gasteiger partial charge in [-0.05, 0) is 68.0 Å². The molecule has 0 aromatic heterocycles. The molecular formula is C27H32N2O4. The molecule has 174 valence electrons. The van der Waals surface area contributed by atoms with E-state index in [2.05, 4.69) is 43.0 Å². The number of likely N-dealkylation sites (tertiary alicyclic amines) is 1. The van der Waals surface area contributed by atoms with E-state index in [1.54, 1.807) is 12.1 Å². The minimum atomic E-state index is -0.916. The van der Waals surface area contributed by atoms with Crippen LogP contribution in [0.15, 0.2) is 41.6 Å². The summed E-state index contributed by atoms with van der Waals surface area (Å²) in [5.41, 5.74) is 5.74. The number of hydrogen-bond donors (Lipinski definition) is 1. The molecule has 1 fully saturated rings. The Morgan fingerprint density at radius 1 is 1.12 bits per heavy atom. The van der Waals surface area contributed by atoms with Gasteiger partial charge in [-0.1, -0.05) is 29.4 Å². The van der Waals surface area contributed by atoms with E-state index >= 15 is 0 Å². The molecule has 3 aliphatic rings. The number of aryl methyl sites for hydroxylation is 2. The summed E-state index contributed by atoms with van der Waals surface area (Å²) in [6.45, 7) is 9.37. The SMILES string of the molecule is Cc1cc(CN2CCC3(CC2)CC(c2ccc(C(=O)O)cc2)=NO3)cc2c1OC(C)(C)CC2. The first kappa shape index (κ1) is 22.0. The monoisotopic (exact) mass is 448 g/mol. The van der Waals surface area contributed by atoms with Crippen LogP contribution in [0.1, 0.15) is 72.1 Å². The molecule has 0 unspecified atom stereocenters. The van der Waals surface area contributed by atoms with E-state index in [1.807, 2.05) is 12.1 Å². The maximum atomic E-state index is 11.1. The number of rotatable bonds is 4. The Labute approximate surface area is 195 Å². The molecule has 2 aromatic rings. The van der Waals surface area contributed by atoms with Crippen LogP contribution in [-0.4, -0.2) is 46.0 Å². The van der Waals surface area contributed by atoms with Gasteiger partial charge in [0, 0.05) is 38.9 Å². The number of ether oxygens (including phenoxy) is 1. The van der Waals surface area contributed by atoms with Crippen molar-refractivity contribution in [2.24, 2.45) is 5.16 Å². The van der Waals surface area contributed by atoms with Gasteiger partial charge in [-0.2, -0.15) is 0 Å². The smallest absolute Gasteiger partial charge is 0.335 e. The Bertz CT molecular complexity index is 1100. The number of nitrogens with zero attached hydrogens (tertiary/aromatic N) is 2. The Morgan fingerprint density at radius 3 is 2.55 bits per heavy atom. The maximum Gasteiger partial charge on any atom is 0.335 e. The fourth-order valence-corrected chi connectivity index (χ4v) is 5.24. The van der Waals surface area contributed by atoms with E-state index in [9.17, 15) is 4.79 Å². The fraction of sp³-hybridized carbons (Fsp3) is 0.481. The van der Waals surface area contributed by atoms with Crippen molar-refractivity contribution < 1.29 is 19.5 Å². The molecule has 5 rings (SSSR count). The van der Waals surface area contributed by atoms with Gasteiger partial charge >= 0.3 is 5.97 Å². The number of carboxylic acid groups (broad SMARTS) is 1. The summed E-state index contributed by atoms with van der Waals surface area (Å²) in [6.07, 6.45) is 4.77.